The largest absolute Gasteiger partial charge is 0.493 e. The summed E-state index contributed by atoms with van der Waals surface area (Å²) in [5.41, 5.74) is 1.43. The minimum atomic E-state index is -2.98. The predicted molar refractivity (Wildman–Crippen MR) is 160 cm³/mol. The number of nitrogens with zero attached hydrogens (tertiary/aromatic N) is 3. The summed E-state index contributed by atoms with van der Waals surface area (Å²) in [6.45, 7) is 15.5. The van der Waals surface area contributed by atoms with Crippen LogP contribution in [0.25, 0.3) is 0 Å². The highest BCUT2D eigenvalue weighted by Crippen LogP contribution is 2.47. The number of aliphatic imine (C=N–C) groups is 1. The number of alkyl halides is 2. The average Bonchev–Trinajstić information content (AvgIpc) is 3.69. The minimum Gasteiger partial charge on any atom is -0.493 e. The van der Waals surface area contributed by atoms with Gasteiger partial charge in [-0.3, -0.25) is 4.98 Å². The quantitative estimate of drug-likeness (QED) is 0.142. The van der Waals surface area contributed by atoms with Gasteiger partial charge in [0.25, 0.3) is 5.92 Å². The fourth-order valence-electron chi connectivity index (χ4n) is 4.18. The predicted octanol–water partition coefficient (Wildman–Crippen LogP) is 7.80. The van der Waals surface area contributed by atoms with E-state index in [1.165, 1.54) is 26.1 Å². The Morgan fingerprint density at radius 3 is 2.24 bits per heavy atom. The van der Waals surface area contributed by atoms with Gasteiger partial charge in [0, 0.05) is 43.0 Å². The third-order valence-corrected chi connectivity index (χ3v) is 6.33. The molecule has 2 aromatic rings. The molecule has 1 heterocycles. The molecular weight excluding hydrogens is 529 g/mol. The summed E-state index contributed by atoms with van der Waals surface area (Å²) >= 11 is 0. The van der Waals surface area contributed by atoms with Crippen LogP contribution in [0.1, 0.15) is 84.0 Å². The third kappa shape index (κ3) is 10.7. The standard InChI is InChI=1S/C29H37F3N4O.C3H6O/c1-6-16-36(17-7-2)23-10-11-24(25(30)18-23)29(14-15-29)35-27(33-5)13-8-21(3)37-20-22-9-12-26(34-19-22)28(4,31)32;1-3(2)4/h8-13,18-19,35H,5-7,14-17,20H2,1-4H3;1-2H3/b21-8+,27-13+;. The number of nitrogens with one attached hydrogen (secondary N) is 1. The normalized spacial score (nSPS) is 14.5. The molecule has 1 aromatic carbocycles. The Kier molecular flexibility index (Phi) is 12.6. The molecule has 3 rings (SSSR count). The lowest BCUT2D eigenvalue weighted by Crippen LogP contribution is -2.29. The third-order valence-electron chi connectivity index (χ3n) is 6.33. The van der Waals surface area contributed by atoms with Crippen molar-refractivity contribution >= 4 is 18.2 Å². The van der Waals surface area contributed by atoms with Crippen molar-refractivity contribution in [2.45, 2.75) is 85.3 Å². The topological polar surface area (TPSA) is 66.8 Å². The first-order valence-electron chi connectivity index (χ1n) is 14.0. The number of hydrogen-bond donors (Lipinski definition) is 1. The van der Waals surface area contributed by atoms with E-state index in [4.69, 9.17) is 4.74 Å². The smallest absolute Gasteiger partial charge is 0.286 e. The number of rotatable bonds is 14. The van der Waals surface area contributed by atoms with Crippen LogP contribution < -0.4 is 10.2 Å². The Labute approximate surface area is 242 Å². The van der Waals surface area contributed by atoms with Crippen molar-refractivity contribution in [3.8, 4) is 0 Å². The number of aromatic nitrogens is 1. The summed E-state index contributed by atoms with van der Waals surface area (Å²) in [5, 5.41) is 3.36. The summed E-state index contributed by atoms with van der Waals surface area (Å²) in [5.74, 6) is -1.92. The van der Waals surface area contributed by atoms with Crippen LogP contribution >= 0.6 is 0 Å². The summed E-state index contributed by atoms with van der Waals surface area (Å²) < 4.78 is 47.6. The Bertz CT molecular complexity index is 1210. The van der Waals surface area contributed by atoms with Crippen molar-refractivity contribution in [3.05, 3.63) is 82.9 Å². The molecule has 0 saturated heterocycles. The molecule has 224 valence electrons. The van der Waals surface area contributed by atoms with Gasteiger partial charge in [-0.05, 0) is 83.5 Å². The number of anilines is 1. The van der Waals surface area contributed by atoms with E-state index in [-0.39, 0.29) is 23.9 Å². The average molecular weight is 573 g/mol. The van der Waals surface area contributed by atoms with Crippen LogP contribution in [0.2, 0.25) is 0 Å². The lowest BCUT2D eigenvalue weighted by Gasteiger charge is -2.26. The minimum absolute atomic E-state index is 0.167. The maximum atomic E-state index is 15.2. The highest BCUT2D eigenvalue weighted by atomic mass is 19.3. The van der Waals surface area contributed by atoms with Gasteiger partial charge in [-0.2, -0.15) is 8.78 Å². The van der Waals surface area contributed by atoms with Gasteiger partial charge in [-0.1, -0.05) is 26.0 Å². The molecule has 0 atom stereocenters. The van der Waals surface area contributed by atoms with Crippen LogP contribution in [-0.2, 0) is 27.6 Å². The number of hydrogen-bond acceptors (Lipinski definition) is 6. The molecule has 0 unspecified atom stereocenters. The number of benzene rings is 1. The number of allylic oxidation sites excluding steroid dienone is 3. The summed E-state index contributed by atoms with van der Waals surface area (Å²) in [7, 11) is 0. The number of pyridine rings is 1. The molecule has 0 radical (unpaired) electrons. The fraction of sp³-hybridized carbons (Fsp3) is 0.469. The molecule has 6 nitrogen and oxygen atoms in total. The first-order chi connectivity index (χ1) is 19.3. The number of halogens is 3. The molecular formula is C32H43F3N4O2. The van der Waals surface area contributed by atoms with Crippen LogP contribution in [0, 0.1) is 5.82 Å². The highest BCUT2D eigenvalue weighted by molar-refractivity contribution is 5.72. The Morgan fingerprint density at radius 2 is 1.78 bits per heavy atom. The molecule has 0 spiro atoms. The van der Waals surface area contributed by atoms with Gasteiger partial charge in [0.05, 0.1) is 11.3 Å². The van der Waals surface area contributed by atoms with E-state index in [0.29, 0.717) is 22.7 Å². The van der Waals surface area contributed by atoms with E-state index in [0.717, 1.165) is 51.4 Å². The van der Waals surface area contributed by atoms with Crippen molar-refractivity contribution in [2.24, 2.45) is 4.99 Å². The zero-order valence-electron chi connectivity index (χ0n) is 25.1. The van der Waals surface area contributed by atoms with Gasteiger partial charge in [0.2, 0.25) is 0 Å². The molecule has 1 saturated carbocycles. The molecule has 9 heteroatoms. The second kappa shape index (κ2) is 15.4. The van der Waals surface area contributed by atoms with Gasteiger partial charge in [-0.25, -0.2) is 9.38 Å². The second-order valence-electron chi connectivity index (χ2n) is 10.5. The molecule has 1 fully saturated rings. The zero-order valence-corrected chi connectivity index (χ0v) is 25.1. The first-order valence-corrected chi connectivity index (χ1v) is 14.0. The number of carbonyl (C=O) groups excluding carboxylic acids is 1. The van der Waals surface area contributed by atoms with Gasteiger partial charge >= 0.3 is 0 Å². The Hall–Kier alpha value is -3.62. The number of ether oxygens (including phenoxy) is 1. The van der Waals surface area contributed by atoms with Gasteiger partial charge in [0.15, 0.2) is 0 Å². The molecule has 1 aliphatic carbocycles. The summed E-state index contributed by atoms with van der Waals surface area (Å²) in [6, 6.07) is 8.38. The van der Waals surface area contributed by atoms with Crippen LogP contribution in [-0.4, -0.2) is 30.6 Å². The molecule has 0 bridgehead atoms. The van der Waals surface area contributed by atoms with Crippen LogP contribution in [0.5, 0.6) is 0 Å². The molecule has 0 amide bonds. The fourth-order valence-corrected chi connectivity index (χ4v) is 4.18. The van der Waals surface area contributed by atoms with Gasteiger partial charge < -0.3 is 19.7 Å². The Balaban J connectivity index is 0.00000138. The number of ketones is 1. The van der Waals surface area contributed by atoms with E-state index in [1.807, 2.05) is 12.1 Å². The number of carbonyl (C=O) groups is 1. The van der Waals surface area contributed by atoms with Crippen molar-refractivity contribution in [1.29, 1.82) is 0 Å². The molecule has 0 aliphatic heterocycles. The van der Waals surface area contributed by atoms with Crippen molar-refractivity contribution in [2.75, 3.05) is 18.0 Å². The van der Waals surface area contributed by atoms with Gasteiger partial charge in [0.1, 0.15) is 29.7 Å². The molecule has 41 heavy (non-hydrogen) atoms. The second-order valence-corrected chi connectivity index (χ2v) is 10.5. The highest BCUT2D eigenvalue weighted by Gasteiger charge is 2.46. The molecule has 1 N–H and O–H groups in total. The number of Topliss-reactive ketones (excluding diaryl/α,β-unsaturated/α-hetero) is 1. The van der Waals surface area contributed by atoms with Crippen LogP contribution in [0.4, 0.5) is 18.9 Å². The molecule has 1 aliphatic rings. The zero-order chi connectivity index (χ0) is 30.6. The van der Waals surface area contributed by atoms with E-state index in [2.05, 4.69) is 40.8 Å². The Morgan fingerprint density at radius 1 is 1.15 bits per heavy atom. The van der Waals surface area contributed by atoms with E-state index in [9.17, 15) is 13.6 Å². The maximum Gasteiger partial charge on any atom is 0.286 e. The first kappa shape index (κ1) is 33.6. The van der Waals surface area contributed by atoms with Crippen LogP contribution in [0.15, 0.2) is 65.3 Å². The van der Waals surface area contributed by atoms with Gasteiger partial charge in [-0.15, -0.1) is 0 Å². The maximum absolute atomic E-state index is 15.2. The van der Waals surface area contributed by atoms with E-state index < -0.39 is 11.5 Å². The van der Waals surface area contributed by atoms with E-state index >= 15 is 4.39 Å². The lowest BCUT2D eigenvalue weighted by atomic mass is 10.0. The lowest BCUT2D eigenvalue weighted by molar-refractivity contribution is -0.115. The van der Waals surface area contributed by atoms with Crippen molar-refractivity contribution < 1.29 is 22.7 Å². The molecule has 1 aromatic heterocycles. The monoisotopic (exact) mass is 572 g/mol. The van der Waals surface area contributed by atoms with E-state index in [1.54, 1.807) is 31.2 Å². The van der Waals surface area contributed by atoms with Crippen LogP contribution in [0.3, 0.4) is 0 Å². The SMILES string of the molecule is C=N/C(=C\C=C(/C)OCc1ccc(C(C)(F)F)nc1)NC1(c2ccc(N(CCC)CCC)cc2F)CC1.CC(C)=O. The van der Waals surface area contributed by atoms with Crippen molar-refractivity contribution in [1.82, 2.24) is 10.3 Å². The summed E-state index contributed by atoms with van der Waals surface area (Å²) in [4.78, 5) is 19.5. The van der Waals surface area contributed by atoms with Crippen molar-refractivity contribution in [3.63, 3.8) is 0 Å². The summed E-state index contributed by atoms with van der Waals surface area (Å²) in [6.07, 6.45) is 8.46.